The van der Waals surface area contributed by atoms with Crippen molar-refractivity contribution in [1.82, 2.24) is 0 Å². The highest BCUT2D eigenvalue weighted by Crippen LogP contribution is 2.62. The van der Waals surface area contributed by atoms with Gasteiger partial charge in [0.15, 0.2) is 0 Å². The quantitative estimate of drug-likeness (QED) is 0.259. The van der Waals surface area contributed by atoms with E-state index in [9.17, 15) is 0 Å². The first-order valence-corrected chi connectivity index (χ1v) is 17.0. The Morgan fingerprint density at radius 1 is 0.455 bits per heavy atom. The summed E-state index contributed by atoms with van der Waals surface area (Å²) in [5, 5.41) is 0. The minimum Gasteiger partial charge on any atom is -0.397 e. The summed E-state index contributed by atoms with van der Waals surface area (Å²) < 4.78 is 13.7. The van der Waals surface area contributed by atoms with Crippen LogP contribution in [0.25, 0.3) is 0 Å². The lowest BCUT2D eigenvalue weighted by Crippen LogP contribution is -2.59. The number of hydrogen-bond donors (Lipinski definition) is 0. The molecule has 0 N–H and O–H groups in total. The molecule has 0 radical (unpaired) electrons. The van der Waals surface area contributed by atoms with Crippen LogP contribution in [0.1, 0.15) is 120 Å². The lowest BCUT2D eigenvalue weighted by atomic mass is 9.62. The third-order valence-corrected chi connectivity index (χ3v) is 15.8. The molecule has 2 aliphatic rings. The zero-order chi connectivity index (χ0) is 24.8. The maximum Gasteiger partial charge on any atom is 0.344 e. The molecule has 3 heteroatoms. The van der Waals surface area contributed by atoms with Crippen molar-refractivity contribution in [3.63, 3.8) is 0 Å². The Bertz CT molecular complexity index is 503. The Morgan fingerprint density at radius 3 is 0.970 bits per heavy atom. The predicted molar refractivity (Wildman–Crippen MR) is 147 cm³/mol. The van der Waals surface area contributed by atoms with E-state index >= 15 is 0 Å². The maximum absolute atomic E-state index is 6.86. The average Bonchev–Trinajstić information content (AvgIpc) is 2.87. The molecule has 2 saturated carbocycles. The second-order valence-corrected chi connectivity index (χ2v) is 15.3. The fourth-order valence-corrected chi connectivity index (χ4v) is 15.1. The van der Waals surface area contributed by atoms with Gasteiger partial charge in [-0.25, -0.2) is 0 Å². The summed E-state index contributed by atoms with van der Waals surface area (Å²) in [5.41, 5.74) is 1.28. The molecule has 196 valence electrons. The molecule has 0 saturated heterocycles. The predicted octanol–water partition coefficient (Wildman–Crippen LogP) is 9.48. The normalized spacial score (nSPS) is 40.2. The fourth-order valence-electron chi connectivity index (χ4n) is 9.77. The van der Waals surface area contributed by atoms with Crippen LogP contribution in [0, 0.1) is 47.3 Å². The van der Waals surface area contributed by atoms with Crippen LogP contribution in [0.3, 0.4) is 0 Å². The van der Waals surface area contributed by atoms with Gasteiger partial charge in [0.05, 0.1) is 0 Å². The van der Waals surface area contributed by atoms with Crippen LogP contribution in [0.15, 0.2) is 0 Å². The Morgan fingerprint density at radius 2 is 0.758 bits per heavy atom. The minimum absolute atomic E-state index is 0.641. The third kappa shape index (κ3) is 5.31. The maximum atomic E-state index is 6.86. The summed E-state index contributed by atoms with van der Waals surface area (Å²) in [6, 6.07) is 0. The first-order chi connectivity index (χ1) is 15.9. The van der Waals surface area contributed by atoms with Crippen LogP contribution in [-0.2, 0) is 8.85 Å². The van der Waals surface area contributed by atoms with Gasteiger partial charge in [-0.05, 0) is 60.2 Å². The molecule has 2 aliphatic carbocycles. The van der Waals surface area contributed by atoms with Gasteiger partial charge in [-0.3, -0.25) is 0 Å². The molecule has 0 aromatic heterocycles. The lowest BCUT2D eigenvalue weighted by Gasteiger charge is -2.57. The Balaban J connectivity index is 2.60. The Hall–Kier alpha value is 0.137. The van der Waals surface area contributed by atoms with Crippen LogP contribution in [-0.4, -0.2) is 22.8 Å². The van der Waals surface area contributed by atoms with Gasteiger partial charge in [0.2, 0.25) is 0 Å². The molecule has 10 atom stereocenters. The summed E-state index contributed by atoms with van der Waals surface area (Å²) in [6.07, 6.45) is 13.2. The van der Waals surface area contributed by atoms with Gasteiger partial charge in [-0.1, -0.05) is 107 Å². The Kier molecular flexibility index (Phi) is 12.0. The van der Waals surface area contributed by atoms with Gasteiger partial charge in [0.1, 0.15) is 0 Å². The topological polar surface area (TPSA) is 18.5 Å². The molecule has 0 spiro atoms. The molecule has 2 rings (SSSR count). The van der Waals surface area contributed by atoms with Gasteiger partial charge in [-0.15, -0.1) is 0 Å². The standard InChI is InChI=1S/C30H60O2Si/c1-11-21-19-29(27(17-7)25(15-5)23(21)13-3)33(31-9,32-10)30-20-22(12-2)24(14-4)26(16-6)28(30)18-8/h21-30H,11-20H2,1-10H3. The van der Waals surface area contributed by atoms with Gasteiger partial charge in [-0.2, -0.15) is 0 Å². The van der Waals surface area contributed by atoms with E-state index in [0.29, 0.717) is 11.1 Å². The van der Waals surface area contributed by atoms with Crippen LogP contribution < -0.4 is 0 Å². The monoisotopic (exact) mass is 480 g/mol. The highest BCUT2D eigenvalue weighted by atomic mass is 28.4. The van der Waals surface area contributed by atoms with Gasteiger partial charge < -0.3 is 8.85 Å². The van der Waals surface area contributed by atoms with E-state index in [1.807, 2.05) is 14.2 Å². The van der Waals surface area contributed by atoms with Gasteiger partial charge in [0, 0.05) is 25.3 Å². The second kappa shape index (κ2) is 13.4. The SMILES string of the molecule is CCC1CC([Si](OC)(OC)C2CC(CC)C(CC)C(CC)C2CC)C(CC)C(CC)C1CC. The molecule has 2 fully saturated rings. The first kappa shape index (κ1) is 29.4. The molecule has 0 aromatic carbocycles. The van der Waals surface area contributed by atoms with E-state index in [1.165, 1.54) is 64.2 Å². The number of rotatable bonds is 12. The molecular weight excluding hydrogens is 420 g/mol. The van der Waals surface area contributed by atoms with Crippen molar-refractivity contribution >= 4 is 8.56 Å². The summed E-state index contributed by atoms with van der Waals surface area (Å²) in [4.78, 5) is 0. The molecule has 0 heterocycles. The van der Waals surface area contributed by atoms with E-state index in [0.717, 1.165) is 47.3 Å². The summed E-state index contributed by atoms with van der Waals surface area (Å²) in [5.74, 6) is 6.61. The number of hydrogen-bond acceptors (Lipinski definition) is 2. The van der Waals surface area contributed by atoms with Crippen LogP contribution >= 0.6 is 0 Å². The molecule has 0 aromatic rings. The largest absolute Gasteiger partial charge is 0.397 e. The summed E-state index contributed by atoms with van der Waals surface area (Å²) >= 11 is 0. The van der Waals surface area contributed by atoms with Crippen molar-refractivity contribution in [2.45, 2.75) is 131 Å². The molecule has 0 amide bonds. The zero-order valence-electron chi connectivity index (χ0n) is 24.2. The third-order valence-electron chi connectivity index (χ3n) is 11.1. The van der Waals surface area contributed by atoms with E-state index in [4.69, 9.17) is 8.85 Å². The zero-order valence-corrected chi connectivity index (χ0v) is 25.2. The van der Waals surface area contributed by atoms with E-state index in [2.05, 4.69) is 55.4 Å². The van der Waals surface area contributed by atoms with Crippen LogP contribution in [0.5, 0.6) is 0 Å². The Labute approximate surface area is 209 Å². The van der Waals surface area contributed by atoms with E-state index in [1.54, 1.807) is 0 Å². The molecule has 33 heavy (non-hydrogen) atoms. The van der Waals surface area contributed by atoms with Crippen molar-refractivity contribution in [3.8, 4) is 0 Å². The van der Waals surface area contributed by atoms with Gasteiger partial charge in [0.25, 0.3) is 0 Å². The van der Waals surface area contributed by atoms with Crippen molar-refractivity contribution < 1.29 is 8.85 Å². The van der Waals surface area contributed by atoms with E-state index < -0.39 is 8.56 Å². The van der Waals surface area contributed by atoms with Crippen molar-refractivity contribution in [3.05, 3.63) is 0 Å². The van der Waals surface area contributed by atoms with Crippen LogP contribution in [0.4, 0.5) is 0 Å². The molecule has 0 aliphatic heterocycles. The average molecular weight is 481 g/mol. The highest BCUT2D eigenvalue weighted by Gasteiger charge is 2.61. The molecule has 2 nitrogen and oxygen atoms in total. The summed E-state index contributed by atoms with van der Waals surface area (Å²) in [6.45, 7) is 19.6. The van der Waals surface area contributed by atoms with Crippen molar-refractivity contribution in [1.29, 1.82) is 0 Å². The summed E-state index contributed by atoms with van der Waals surface area (Å²) in [7, 11) is 1.65. The van der Waals surface area contributed by atoms with Gasteiger partial charge >= 0.3 is 8.56 Å². The fraction of sp³-hybridized carbons (Fsp3) is 1.00. The minimum atomic E-state index is -2.43. The van der Waals surface area contributed by atoms with Crippen molar-refractivity contribution in [2.24, 2.45) is 47.3 Å². The lowest BCUT2D eigenvalue weighted by molar-refractivity contribution is 0.0289. The second-order valence-electron chi connectivity index (χ2n) is 11.6. The van der Waals surface area contributed by atoms with E-state index in [-0.39, 0.29) is 0 Å². The first-order valence-electron chi connectivity index (χ1n) is 15.0. The molecular formula is C30H60O2Si. The molecule has 0 bridgehead atoms. The molecule has 10 unspecified atom stereocenters. The smallest absolute Gasteiger partial charge is 0.344 e. The highest BCUT2D eigenvalue weighted by molar-refractivity contribution is 6.70. The van der Waals surface area contributed by atoms with Crippen molar-refractivity contribution in [2.75, 3.05) is 14.2 Å². The van der Waals surface area contributed by atoms with Crippen LogP contribution in [0.2, 0.25) is 11.1 Å².